The van der Waals surface area contributed by atoms with Crippen LogP contribution in [0.3, 0.4) is 0 Å². The van der Waals surface area contributed by atoms with Crippen molar-refractivity contribution in [2.75, 3.05) is 32.4 Å². The minimum Gasteiger partial charge on any atom is -0.286 e. The predicted octanol–water partition coefficient (Wildman–Crippen LogP) is 1.50. The number of sulfonamides is 1. The molecule has 0 aromatic carbocycles. The molecule has 0 bridgehead atoms. The molecule has 23 heavy (non-hydrogen) atoms. The Kier molecular flexibility index (Phi) is 6.17. The summed E-state index contributed by atoms with van der Waals surface area (Å²) in [6.45, 7) is 5.23. The number of aromatic nitrogens is 1. The fourth-order valence-electron chi connectivity index (χ4n) is 3.07. The average Bonchev–Trinajstić information content (AvgIpc) is 2.47. The highest BCUT2D eigenvalue weighted by atomic mass is 32.2. The number of aryl methyl sites for hydroxylation is 1. The third kappa shape index (κ3) is 5.61. The second-order valence-corrected chi connectivity index (χ2v) is 8.26. The van der Waals surface area contributed by atoms with Gasteiger partial charge in [-0.1, -0.05) is 12.0 Å². The highest BCUT2D eigenvalue weighted by Crippen LogP contribution is 2.20. The number of rotatable bonds is 6. The molecule has 0 radical (unpaired) electrons. The van der Waals surface area contributed by atoms with Crippen LogP contribution in [-0.2, 0) is 16.6 Å². The molecule has 1 aliphatic heterocycles. The molecule has 1 aromatic heterocycles. The second kappa shape index (κ2) is 7.91. The molecule has 0 spiro atoms. The van der Waals surface area contributed by atoms with Crippen molar-refractivity contribution in [2.45, 2.75) is 26.3 Å². The molecule has 0 saturated carbocycles. The summed E-state index contributed by atoms with van der Waals surface area (Å²) in [4.78, 5) is 6.70. The molecule has 2 heterocycles. The fraction of sp³-hybridized carbons (Fsp3) is 0.588. The number of terminal acetylenes is 1. The van der Waals surface area contributed by atoms with Crippen molar-refractivity contribution in [3.8, 4) is 12.3 Å². The largest absolute Gasteiger partial charge is 0.286 e. The maximum atomic E-state index is 11.7. The molecular weight excluding hydrogens is 310 g/mol. The van der Waals surface area contributed by atoms with E-state index in [0.717, 1.165) is 30.8 Å². The number of nitrogens with zero attached hydrogens (tertiary/aromatic N) is 3. The maximum Gasteiger partial charge on any atom is 0.211 e. The van der Waals surface area contributed by atoms with Crippen molar-refractivity contribution in [3.05, 3.63) is 29.6 Å². The van der Waals surface area contributed by atoms with Crippen molar-refractivity contribution < 1.29 is 8.42 Å². The zero-order valence-corrected chi connectivity index (χ0v) is 14.7. The summed E-state index contributed by atoms with van der Waals surface area (Å²) in [5, 5.41) is 0. The van der Waals surface area contributed by atoms with Gasteiger partial charge >= 0.3 is 0 Å². The molecule has 1 aromatic rings. The van der Waals surface area contributed by atoms with E-state index in [9.17, 15) is 8.42 Å². The first kappa shape index (κ1) is 17.9. The van der Waals surface area contributed by atoms with E-state index >= 15 is 0 Å². The molecule has 0 amide bonds. The van der Waals surface area contributed by atoms with E-state index in [1.165, 1.54) is 6.26 Å². The Labute approximate surface area is 139 Å². The monoisotopic (exact) mass is 335 g/mol. The maximum absolute atomic E-state index is 11.7. The lowest BCUT2D eigenvalue weighted by Crippen LogP contribution is -2.43. The van der Waals surface area contributed by atoms with Crippen LogP contribution in [0.25, 0.3) is 0 Å². The van der Waals surface area contributed by atoms with Gasteiger partial charge in [-0.05, 0) is 37.8 Å². The van der Waals surface area contributed by atoms with Crippen molar-refractivity contribution >= 4 is 10.0 Å². The van der Waals surface area contributed by atoms with Crippen LogP contribution in [0.5, 0.6) is 0 Å². The first-order chi connectivity index (χ1) is 10.9. The molecule has 1 saturated heterocycles. The van der Waals surface area contributed by atoms with Gasteiger partial charge in [-0.15, -0.1) is 6.42 Å². The Hall–Kier alpha value is -1.42. The molecule has 126 valence electrons. The lowest BCUT2D eigenvalue weighted by Gasteiger charge is -2.33. The Morgan fingerprint density at radius 3 is 2.91 bits per heavy atom. The van der Waals surface area contributed by atoms with Gasteiger partial charge in [0, 0.05) is 31.9 Å². The lowest BCUT2D eigenvalue weighted by atomic mass is 9.99. The Morgan fingerprint density at radius 1 is 1.48 bits per heavy atom. The van der Waals surface area contributed by atoms with E-state index in [1.54, 1.807) is 4.31 Å². The Bertz CT molecular complexity index is 667. The second-order valence-electron chi connectivity index (χ2n) is 6.27. The summed E-state index contributed by atoms with van der Waals surface area (Å²) < 4.78 is 25.1. The Balaban J connectivity index is 2.00. The highest BCUT2D eigenvalue weighted by Gasteiger charge is 2.27. The molecule has 1 fully saturated rings. The molecule has 6 heteroatoms. The van der Waals surface area contributed by atoms with Crippen LogP contribution in [0.15, 0.2) is 18.2 Å². The molecule has 2 rings (SSSR count). The third-order valence-electron chi connectivity index (χ3n) is 4.11. The summed E-state index contributed by atoms with van der Waals surface area (Å²) in [5.74, 6) is 3.02. The first-order valence-electron chi connectivity index (χ1n) is 7.92. The number of pyridine rings is 1. The van der Waals surface area contributed by atoms with Gasteiger partial charge < -0.3 is 0 Å². The van der Waals surface area contributed by atoms with Gasteiger partial charge in [0.05, 0.1) is 18.5 Å². The van der Waals surface area contributed by atoms with Crippen LogP contribution in [0.4, 0.5) is 0 Å². The minimum absolute atomic E-state index is 0.316. The van der Waals surface area contributed by atoms with E-state index in [2.05, 4.69) is 15.8 Å². The van der Waals surface area contributed by atoms with Crippen LogP contribution in [0, 0.1) is 25.2 Å². The first-order valence-corrected chi connectivity index (χ1v) is 9.77. The minimum atomic E-state index is -3.11. The van der Waals surface area contributed by atoms with Crippen LogP contribution < -0.4 is 0 Å². The fourth-order valence-corrected chi connectivity index (χ4v) is 4.02. The van der Waals surface area contributed by atoms with E-state index in [-0.39, 0.29) is 0 Å². The summed E-state index contributed by atoms with van der Waals surface area (Å²) in [5.41, 5.74) is 1.99. The normalized spacial score (nSPS) is 19.7. The lowest BCUT2D eigenvalue weighted by molar-refractivity contribution is 0.185. The van der Waals surface area contributed by atoms with Crippen LogP contribution >= 0.6 is 0 Å². The van der Waals surface area contributed by atoms with Gasteiger partial charge in [0.25, 0.3) is 0 Å². The molecule has 1 aliphatic rings. The summed E-state index contributed by atoms with van der Waals surface area (Å²) in [6, 6.07) is 5.97. The number of hydrogen-bond donors (Lipinski definition) is 0. The smallest absolute Gasteiger partial charge is 0.211 e. The van der Waals surface area contributed by atoms with Gasteiger partial charge in [-0.25, -0.2) is 12.7 Å². The molecule has 1 atom stereocenters. The van der Waals surface area contributed by atoms with Crippen LogP contribution in [0.2, 0.25) is 0 Å². The van der Waals surface area contributed by atoms with Crippen molar-refractivity contribution in [1.82, 2.24) is 14.2 Å². The van der Waals surface area contributed by atoms with Crippen LogP contribution in [0.1, 0.15) is 24.2 Å². The van der Waals surface area contributed by atoms with E-state index < -0.39 is 10.0 Å². The van der Waals surface area contributed by atoms with Crippen molar-refractivity contribution in [2.24, 2.45) is 5.92 Å². The molecular formula is C17H25N3O2S. The average molecular weight is 335 g/mol. The quantitative estimate of drug-likeness (QED) is 0.739. The summed E-state index contributed by atoms with van der Waals surface area (Å²) in [7, 11) is -3.11. The van der Waals surface area contributed by atoms with Gasteiger partial charge in [0.2, 0.25) is 10.0 Å². The van der Waals surface area contributed by atoms with Crippen molar-refractivity contribution in [3.63, 3.8) is 0 Å². The number of piperidine rings is 1. The summed E-state index contributed by atoms with van der Waals surface area (Å²) in [6.07, 6.45) is 8.72. The van der Waals surface area contributed by atoms with E-state index in [4.69, 9.17) is 6.42 Å². The SMILES string of the molecule is C#CCN(Cc1cccc(C)n1)C[C@H]1CCCN(S(C)(=O)=O)C1. The van der Waals surface area contributed by atoms with Gasteiger partial charge in [-0.3, -0.25) is 9.88 Å². The molecule has 5 nitrogen and oxygen atoms in total. The third-order valence-corrected chi connectivity index (χ3v) is 5.38. The Morgan fingerprint density at radius 2 is 2.26 bits per heavy atom. The number of hydrogen-bond acceptors (Lipinski definition) is 4. The molecule has 0 aliphatic carbocycles. The molecule has 0 N–H and O–H groups in total. The topological polar surface area (TPSA) is 53.5 Å². The zero-order chi connectivity index (χ0) is 16.9. The van der Waals surface area contributed by atoms with E-state index in [1.807, 2.05) is 25.1 Å². The van der Waals surface area contributed by atoms with Gasteiger partial charge in [-0.2, -0.15) is 0 Å². The molecule has 0 unspecified atom stereocenters. The van der Waals surface area contributed by atoms with Crippen molar-refractivity contribution in [1.29, 1.82) is 0 Å². The van der Waals surface area contributed by atoms with Gasteiger partial charge in [0.15, 0.2) is 0 Å². The summed E-state index contributed by atoms with van der Waals surface area (Å²) >= 11 is 0. The zero-order valence-electron chi connectivity index (χ0n) is 13.9. The standard InChI is InChI=1S/C17H25N3O2S/c1-4-10-19(14-17-9-5-7-15(2)18-17)12-16-8-6-11-20(13-16)23(3,21)22/h1,5,7,9,16H,6,8,10-14H2,2-3H3/t16-/m1/s1. The van der Waals surface area contributed by atoms with E-state index in [0.29, 0.717) is 32.1 Å². The van der Waals surface area contributed by atoms with Crippen LogP contribution in [-0.4, -0.2) is 55.0 Å². The predicted molar refractivity (Wildman–Crippen MR) is 92.2 cm³/mol. The highest BCUT2D eigenvalue weighted by molar-refractivity contribution is 7.88. The van der Waals surface area contributed by atoms with Gasteiger partial charge in [0.1, 0.15) is 0 Å².